The van der Waals surface area contributed by atoms with Crippen molar-refractivity contribution in [3.8, 4) is 11.3 Å². The molecule has 7 nitrogen and oxygen atoms in total. The Balaban J connectivity index is 1.47. The summed E-state index contributed by atoms with van der Waals surface area (Å²) in [7, 11) is 1.60. The summed E-state index contributed by atoms with van der Waals surface area (Å²) in [5.41, 5.74) is 2.68. The second-order valence-electron chi connectivity index (χ2n) is 6.53. The van der Waals surface area contributed by atoms with Gasteiger partial charge in [-0.2, -0.15) is 0 Å². The van der Waals surface area contributed by atoms with E-state index < -0.39 is 0 Å². The van der Waals surface area contributed by atoms with E-state index in [0.29, 0.717) is 15.9 Å². The van der Waals surface area contributed by atoms with E-state index >= 15 is 0 Å². The summed E-state index contributed by atoms with van der Waals surface area (Å²) >= 11 is 4.66. The van der Waals surface area contributed by atoms with Gasteiger partial charge in [-0.25, -0.2) is 4.98 Å². The van der Waals surface area contributed by atoms with E-state index in [9.17, 15) is 9.59 Å². The third-order valence-electron chi connectivity index (χ3n) is 4.53. The van der Waals surface area contributed by atoms with Crippen LogP contribution < -0.4 is 10.2 Å². The van der Waals surface area contributed by atoms with Gasteiger partial charge in [0.25, 0.3) is 11.8 Å². The number of aromatic nitrogens is 2. The fourth-order valence-corrected chi connectivity index (χ4v) is 4.01. The molecule has 31 heavy (non-hydrogen) atoms. The highest BCUT2D eigenvalue weighted by Gasteiger charge is 2.22. The number of thiazole rings is 1. The van der Waals surface area contributed by atoms with Gasteiger partial charge in [-0.15, -0.1) is 11.3 Å². The first-order chi connectivity index (χ1) is 15.0. The zero-order chi connectivity index (χ0) is 21.8. The summed E-state index contributed by atoms with van der Waals surface area (Å²) in [6, 6.07) is 13.9. The first kappa shape index (κ1) is 21.0. The molecule has 3 aromatic heterocycles. The second-order valence-corrected chi connectivity index (χ2v) is 8.25. The molecule has 156 valence electrons. The molecule has 4 rings (SSSR count). The molecule has 9 heteroatoms. The van der Waals surface area contributed by atoms with Gasteiger partial charge in [-0.3, -0.25) is 14.6 Å². The number of carbonyl (C=O) groups excluding carboxylic acids is 2. The number of nitrogens with zero attached hydrogens (tertiary/aromatic N) is 3. The number of amides is 2. The zero-order valence-corrected chi connectivity index (χ0v) is 18.8. The molecule has 3 heterocycles. The Bertz CT molecular complexity index is 1220. The van der Waals surface area contributed by atoms with Gasteiger partial charge < -0.3 is 14.6 Å². The van der Waals surface area contributed by atoms with Crippen LogP contribution in [0, 0.1) is 0 Å². The molecule has 0 aliphatic rings. The quantitative estimate of drug-likeness (QED) is 0.415. The van der Waals surface area contributed by atoms with Crippen LogP contribution in [0.15, 0.2) is 75.4 Å². The maximum Gasteiger partial charge on any atom is 0.293 e. The maximum absolute atomic E-state index is 12.9. The molecule has 0 atom stereocenters. The van der Waals surface area contributed by atoms with Crippen LogP contribution in [-0.4, -0.2) is 28.8 Å². The van der Waals surface area contributed by atoms with Crippen molar-refractivity contribution in [2.24, 2.45) is 0 Å². The van der Waals surface area contributed by atoms with Crippen molar-refractivity contribution in [2.45, 2.75) is 6.54 Å². The first-order valence-electron chi connectivity index (χ1n) is 9.28. The number of pyridine rings is 1. The smallest absolute Gasteiger partial charge is 0.293 e. The molecule has 0 aliphatic heterocycles. The lowest BCUT2D eigenvalue weighted by Crippen LogP contribution is -2.30. The SMILES string of the molecule is CN(C(=O)c1ccc(Br)o1)c1ccccc1C(=O)NCc1nc(-c2ccncc2)cs1. The normalized spacial score (nSPS) is 10.6. The summed E-state index contributed by atoms with van der Waals surface area (Å²) < 4.78 is 5.81. The van der Waals surface area contributed by atoms with Gasteiger partial charge in [0.2, 0.25) is 0 Å². The van der Waals surface area contributed by atoms with Gasteiger partial charge in [-0.05, 0) is 52.3 Å². The lowest BCUT2D eigenvalue weighted by atomic mass is 10.1. The van der Waals surface area contributed by atoms with Gasteiger partial charge in [0, 0.05) is 30.4 Å². The maximum atomic E-state index is 12.9. The summed E-state index contributed by atoms with van der Waals surface area (Å²) in [4.78, 5) is 35.6. The molecule has 0 aliphatic carbocycles. The molecule has 0 saturated carbocycles. The average Bonchev–Trinajstić information content (AvgIpc) is 3.46. The topological polar surface area (TPSA) is 88.3 Å². The van der Waals surface area contributed by atoms with Crippen molar-refractivity contribution in [3.63, 3.8) is 0 Å². The minimum absolute atomic E-state index is 0.177. The minimum atomic E-state index is -0.354. The lowest BCUT2D eigenvalue weighted by molar-refractivity contribution is 0.0951. The van der Waals surface area contributed by atoms with E-state index in [4.69, 9.17) is 4.42 Å². The van der Waals surface area contributed by atoms with E-state index in [1.807, 2.05) is 17.5 Å². The first-order valence-corrected chi connectivity index (χ1v) is 11.0. The highest BCUT2D eigenvalue weighted by atomic mass is 79.9. The van der Waals surface area contributed by atoms with E-state index in [1.165, 1.54) is 16.2 Å². The largest absolute Gasteiger partial charge is 0.444 e. The Morgan fingerprint density at radius 1 is 1.13 bits per heavy atom. The zero-order valence-electron chi connectivity index (χ0n) is 16.4. The van der Waals surface area contributed by atoms with Crippen molar-refractivity contribution in [1.29, 1.82) is 0 Å². The minimum Gasteiger partial charge on any atom is -0.444 e. The van der Waals surface area contributed by atoms with E-state index in [2.05, 4.69) is 31.2 Å². The van der Waals surface area contributed by atoms with E-state index in [-0.39, 0.29) is 24.1 Å². The molecule has 1 N–H and O–H groups in total. The summed E-state index contributed by atoms with van der Waals surface area (Å²) in [5, 5.41) is 5.61. The molecule has 2 amide bonds. The number of furan rings is 1. The third kappa shape index (κ3) is 4.73. The predicted molar refractivity (Wildman–Crippen MR) is 122 cm³/mol. The van der Waals surface area contributed by atoms with Crippen LogP contribution in [-0.2, 0) is 6.54 Å². The van der Waals surface area contributed by atoms with Crippen LogP contribution >= 0.6 is 27.3 Å². The summed E-state index contributed by atoms with van der Waals surface area (Å²) in [6.45, 7) is 0.283. The standard InChI is InChI=1S/C22H17BrN4O3S/c1-27(22(29)18-6-7-19(23)30-18)17-5-3-2-4-15(17)21(28)25-12-20-26-16(13-31-20)14-8-10-24-11-9-14/h2-11,13H,12H2,1H3,(H,25,28). The van der Waals surface area contributed by atoms with Crippen molar-refractivity contribution >= 4 is 44.8 Å². The van der Waals surface area contributed by atoms with E-state index in [0.717, 1.165) is 16.3 Å². The Labute approximate surface area is 190 Å². The number of hydrogen-bond acceptors (Lipinski definition) is 6. The highest BCUT2D eigenvalue weighted by molar-refractivity contribution is 9.10. The van der Waals surface area contributed by atoms with Crippen LogP contribution in [0.5, 0.6) is 0 Å². The van der Waals surface area contributed by atoms with Crippen LogP contribution in [0.3, 0.4) is 0 Å². The summed E-state index contributed by atoms with van der Waals surface area (Å²) in [5.74, 6) is -0.472. The fraction of sp³-hybridized carbons (Fsp3) is 0.0909. The van der Waals surface area contributed by atoms with Crippen LogP contribution in [0.1, 0.15) is 25.9 Å². The van der Waals surface area contributed by atoms with Crippen molar-refractivity contribution < 1.29 is 14.0 Å². The van der Waals surface area contributed by atoms with Gasteiger partial charge in [0.1, 0.15) is 5.01 Å². The Morgan fingerprint density at radius 2 is 1.90 bits per heavy atom. The van der Waals surface area contributed by atoms with Crippen LogP contribution in [0.4, 0.5) is 5.69 Å². The number of carbonyl (C=O) groups is 2. The number of benzene rings is 1. The fourth-order valence-electron chi connectivity index (χ4n) is 2.96. The molecule has 1 aromatic carbocycles. The van der Waals surface area contributed by atoms with Crippen molar-refractivity contribution in [1.82, 2.24) is 15.3 Å². The molecule has 0 bridgehead atoms. The van der Waals surface area contributed by atoms with Gasteiger partial charge in [0.15, 0.2) is 10.4 Å². The number of anilines is 1. The predicted octanol–water partition coefficient (Wildman–Crippen LogP) is 4.77. The number of halogens is 1. The van der Waals surface area contributed by atoms with Gasteiger partial charge in [-0.1, -0.05) is 12.1 Å². The van der Waals surface area contributed by atoms with Crippen molar-refractivity contribution in [3.05, 3.63) is 87.3 Å². The number of rotatable bonds is 6. The number of hydrogen-bond donors (Lipinski definition) is 1. The molecular formula is C22H17BrN4O3S. The number of nitrogens with one attached hydrogen (secondary N) is 1. The molecule has 4 aromatic rings. The third-order valence-corrected chi connectivity index (χ3v) is 5.80. The molecular weight excluding hydrogens is 480 g/mol. The lowest BCUT2D eigenvalue weighted by Gasteiger charge is -2.19. The monoisotopic (exact) mass is 496 g/mol. The van der Waals surface area contributed by atoms with Gasteiger partial charge in [0.05, 0.1) is 23.5 Å². The molecule has 0 spiro atoms. The molecule has 0 radical (unpaired) electrons. The number of para-hydroxylation sites is 1. The Hall–Kier alpha value is -3.30. The Kier molecular flexibility index (Phi) is 6.24. The van der Waals surface area contributed by atoms with Crippen LogP contribution in [0.2, 0.25) is 0 Å². The van der Waals surface area contributed by atoms with Crippen molar-refractivity contribution in [2.75, 3.05) is 11.9 Å². The molecule has 0 saturated heterocycles. The molecule has 0 fully saturated rings. The summed E-state index contributed by atoms with van der Waals surface area (Å²) in [6.07, 6.45) is 3.43. The average molecular weight is 497 g/mol. The Morgan fingerprint density at radius 3 is 2.65 bits per heavy atom. The van der Waals surface area contributed by atoms with E-state index in [1.54, 1.807) is 55.8 Å². The molecule has 0 unspecified atom stereocenters. The van der Waals surface area contributed by atoms with Gasteiger partial charge >= 0.3 is 0 Å². The van der Waals surface area contributed by atoms with Crippen LogP contribution in [0.25, 0.3) is 11.3 Å². The highest BCUT2D eigenvalue weighted by Crippen LogP contribution is 2.24. The second kappa shape index (κ2) is 9.23.